The Balaban J connectivity index is 1.80. The van der Waals surface area contributed by atoms with E-state index in [1.54, 1.807) is 24.3 Å². The van der Waals surface area contributed by atoms with Crippen molar-refractivity contribution >= 4 is 34.8 Å². The molecule has 0 unspecified atom stereocenters. The van der Waals surface area contributed by atoms with Gasteiger partial charge in [-0.1, -0.05) is 29.8 Å². The molecule has 4 nitrogen and oxygen atoms in total. The molecule has 0 radical (unpaired) electrons. The zero-order valence-corrected chi connectivity index (χ0v) is 11.9. The highest BCUT2D eigenvalue weighted by molar-refractivity contribution is 6.30. The van der Waals surface area contributed by atoms with Gasteiger partial charge in [0.05, 0.1) is 12.1 Å². The Morgan fingerprint density at radius 3 is 2.33 bits per heavy atom. The fourth-order valence-corrected chi connectivity index (χ4v) is 2.47. The first-order valence-corrected chi connectivity index (χ1v) is 6.97. The zero-order chi connectivity index (χ0) is 14.8. The second-order valence-corrected chi connectivity index (χ2v) is 5.25. The fraction of sp³-hybridized carbons (Fsp3) is 0.125. The van der Waals surface area contributed by atoms with Crippen LogP contribution in [0.5, 0.6) is 0 Å². The second-order valence-electron chi connectivity index (χ2n) is 4.81. The first-order chi connectivity index (χ1) is 10.1. The lowest BCUT2D eigenvalue weighted by molar-refractivity contribution is -0.121. The van der Waals surface area contributed by atoms with Crippen molar-refractivity contribution in [1.82, 2.24) is 0 Å². The number of para-hydroxylation sites is 1. The van der Waals surface area contributed by atoms with Crippen LogP contribution >= 0.6 is 11.6 Å². The van der Waals surface area contributed by atoms with Gasteiger partial charge in [-0.25, -0.2) is 4.90 Å². The number of hydrogen-bond donors (Lipinski definition) is 1. The largest absolute Gasteiger partial charge is 0.373 e. The van der Waals surface area contributed by atoms with E-state index >= 15 is 0 Å². The van der Waals surface area contributed by atoms with Gasteiger partial charge in [-0.05, 0) is 36.4 Å². The summed E-state index contributed by atoms with van der Waals surface area (Å²) in [7, 11) is 0. The Hall–Kier alpha value is -2.33. The van der Waals surface area contributed by atoms with Crippen molar-refractivity contribution < 1.29 is 9.59 Å². The highest BCUT2D eigenvalue weighted by Gasteiger charge is 2.39. The van der Waals surface area contributed by atoms with Gasteiger partial charge >= 0.3 is 0 Å². The van der Waals surface area contributed by atoms with Crippen molar-refractivity contribution in [2.45, 2.75) is 12.5 Å². The Morgan fingerprint density at radius 2 is 1.67 bits per heavy atom. The fourth-order valence-electron chi connectivity index (χ4n) is 2.34. The molecular weight excluding hydrogens is 288 g/mol. The summed E-state index contributed by atoms with van der Waals surface area (Å²) in [6.07, 6.45) is 0.149. The summed E-state index contributed by atoms with van der Waals surface area (Å²) < 4.78 is 0. The predicted molar refractivity (Wildman–Crippen MR) is 82.4 cm³/mol. The van der Waals surface area contributed by atoms with Gasteiger partial charge in [-0.2, -0.15) is 0 Å². The maximum atomic E-state index is 12.4. The van der Waals surface area contributed by atoms with Crippen LogP contribution in [0.4, 0.5) is 11.4 Å². The molecule has 0 spiro atoms. The maximum Gasteiger partial charge on any atom is 0.256 e. The molecule has 1 atom stereocenters. The molecule has 1 fully saturated rings. The lowest BCUT2D eigenvalue weighted by Gasteiger charge is -2.16. The minimum Gasteiger partial charge on any atom is -0.373 e. The van der Waals surface area contributed by atoms with E-state index in [2.05, 4.69) is 5.32 Å². The SMILES string of the molecule is O=C1C[C@@H](Nc2ccccc2)C(=O)N1c1ccc(Cl)cc1. The molecule has 1 aliphatic heterocycles. The minimum atomic E-state index is -0.532. The summed E-state index contributed by atoms with van der Waals surface area (Å²) in [5, 5.41) is 3.66. The summed E-state index contributed by atoms with van der Waals surface area (Å²) in [6.45, 7) is 0. The highest BCUT2D eigenvalue weighted by atomic mass is 35.5. The molecule has 0 bridgehead atoms. The summed E-state index contributed by atoms with van der Waals surface area (Å²) >= 11 is 5.83. The molecule has 2 amide bonds. The number of nitrogens with zero attached hydrogens (tertiary/aromatic N) is 1. The lowest BCUT2D eigenvalue weighted by Crippen LogP contribution is -2.34. The maximum absolute atomic E-state index is 12.4. The zero-order valence-electron chi connectivity index (χ0n) is 11.1. The van der Waals surface area contributed by atoms with Crippen molar-refractivity contribution in [3.8, 4) is 0 Å². The van der Waals surface area contributed by atoms with Crippen LogP contribution in [0, 0.1) is 0 Å². The third-order valence-electron chi connectivity index (χ3n) is 3.35. The number of rotatable bonds is 3. The molecule has 2 aromatic carbocycles. The summed E-state index contributed by atoms with van der Waals surface area (Å²) in [4.78, 5) is 25.7. The number of amides is 2. The third kappa shape index (κ3) is 2.76. The van der Waals surface area contributed by atoms with Crippen LogP contribution in [-0.2, 0) is 9.59 Å². The number of imide groups is 1. The monoisotopic (exact) mass is 300 g/mol. The van der Waals surface area contributed by atoms with Crippen LogP contribution in [0.25, 0.3) is 0 Å². The number of halogens is 1. The normalized spacial score (nSPS) is 18.1. The Bertz CT molecular complexity index is 670. The van der Waals surface area contributed by atoms with E-state index in [1.165, 1.54) is 4.90 Å². The average molecular weight is 301 g/mol. The van der Waals surface area contributed by atoms with E-state index in [-0.39, 0.29) is 18.2 Å². The number of hydrogen-bond acceptors (Lipinski definition) is 3. The molecule has 1 N–H and O–H groups in total. The molecule has 3 rings (SSSR count). The van der Waals surface area contributed by atoms with Gasteiger partial charge in [0.1, 0.15) is 6.04 Å². The van der Waals surface area contributed by atoms with Gasteiger partial charge in [0, 0.05) is 10.7 Å². The summed E-state index contributed by atoms with van der Waals surface area (Å²) in [5.74, 6) is -0.457. The smallest absolute Gasteiger partial charge is 0.256 e. The van der Waals surface area contributed by atoms with E-state index in [1.807, 2.05) is 30.3 Å². The standard InChI is InChI=1S/C16H13ClN2O2/c17-11-6-8-13(9-7-11)19-15(20)10-14(16(19)21)18-12-4-2-1-3-5-12/h1-9,14,18H,10H2/t14-/m1/s1. The van der Waals surface area contributed by atoms with Gasteiger partial charge < -0.3 is 5.32 Å². The van der Waals surface area contributed by atoms with Crippen molar-refractivity contribution in [2.75, 3.05) is 10.2 Å². The van der Waals surface area contributed by atoms with Gasteiger partial charge in [-0.3, -0.25) is 9.59 Å². The molecule has 106 valence electrons. The molecule has 21 heavy (non-hydrogen) atoms. The Kier molecular flexibility index (Phi) is 3.62. The number of carbonyl (C=O) groups excluding carboxylic acids is 2. The average Bonchev–Trinajstić information content (AvgIpc) is 2.76. The van der Waals surface area contributed by atoms with Gasteiger partial charge in [-0.15, -0.1) is 0 Å². The van der Waals surface area contributed by atoms with Gasteiger partial charge in [0.25, 0.3) is 5.91 Å². The van der Waals surface area contributed by atoms with Crippen LogP contribution in [0.2, 0.25) is 5.02 Å². The number of nitrogens with one attached hydrogen (secondary N) is 1. The van der Waals surface area contributed by atoms with Crippen LogP contribution in [-0.4, -0.2) is 17.9 Å². The summed E-state index contributed by atoms with van der Waals surface area (Å²) in [6, 6.07) is 15.5. The number of benzene rings is 2. The molecule has 1 heterocycles. The first kappa shape index (κ1) is 13.6. The van der Waals surface area contributed by atoms with E-state index in [4.69, 9.17) is 11.6 Å². The van der Waals surface area contributed by atoms with Crippen LogP contribution in [0.3, 0.4) is 0 Å². The van der Waals surface area contributed by atoms with E-state index in [9.17, 15) is 9.59 Å². The topological polar surface area (TPSA) is 49.4 Å². The molecule has 0 aromatic heterocycles. The molecule has 1 saturated heterocycles. The predicted octanol–water partition coefficient (Wildman–Crippen LogP) is 3.08. The quantitative estimate of drug-likeness (QED) is 0.886. The molecule has 1 aliphatic rings. The van der Waals surface area contributed by atoms with Gasteiger partial charge in [0.2, 0.25) is 5.91 Å². The molecular formula is C16H13ClN2O2. The minimum absolute atomic E-state index is 0.149. The molecule has 0 aliphatic carbocycles. The number of carbonyl (C=O) groups is 2. The Morgan fingerprint density at radius 1 is 1.00 bits per heavy atom. The molecule has 5 heteroatoms. The lowest BCUT2D eigenvalue weighted by atomic mass is 10.2. The summed E-state index contributed by atoms with van der Waals surface area (Å²) in [5.41, 5.74) is 1.37. The van der Waals surface area contributed by atoms with Crippen molar-refractivity contribution in [3.05, 3.63) is 59.6 Å². The molecule has 0 saturated carbocycles. The second kappa shape index (κ2) is 5.58. The van der Waals surface area contributed by atoms with Crippen LogP contribution < -0.4 is 10.2 Å². The Labute approximate surface area is 127 Å². The first-order valence-electron chi connectivity index (χ1n) is 6.59. The van der Waals surface area contributed by atoms with Crippen molar-refractivity contribution in [3.63, 3.8) is 0 Å². The van der Waals surface area contributed by atoms with E-state index < -0.39 is 6.04 Å². The van der Waals surface area contributed by atoms with Crippen LogP contribution in [0.1, 0.15) is 6.42 Å². The van der Waals surface area contributed by atoms with E-state index in [0.29, 0.717) is 10.7 Å². The van der Waals surface area contributed by atoms with Crippen LogP contribution in [0.15, 0.2) is 54.6 Å². The molecule has 2 aromatic rings. The van der Waals surface area contributed by atoms with E-state index in [0.717, 1.165) is 5.69 Å². The van der Waals surface area contributed by atoms with Gasteiger partial charge in [0.15, 0.2) is 0 Å². The van der Waals surface area contributed by atoms with Crippen molar-refractivity contribution in [1.29, 1.82) is 0 Å². The third-order valence-corrected chi connectivity index (χ3v) is 3.60. The highest BCUT2D eigenvalue weighted by Crippen LogP contribution is 2.26. The number of anilines is 2. The van der Waals surface area contributed by atoms with Crippen molar-refractivity contribution in [2.24, 2.45) is 0 Å².